The van der Waals surface area contributed by atoms with Crippen molar-refractivity contribution >= 4 is 17.4 Å². The molecule has 4 N–H and O–H groups in total. The quantitative estimate of drug-likeness (QED) is 0.448. The van der Waals surface area contributed by atoms with Crippen molar-refractivity contribution in [1.29, 1.82) is 0 Å². The van der Waals surface area contributed by atoms with Gasteiger partial charge < -0.3 is 21.1 Å². The van der Waals surface area contributed by atoms with E-state index in [0.29, 0.717) is 18.2 Å². The van der Waals surface area contributed by atoms with Crippen LogP contribution in [0.3, 0.4) is 0 Å². The highest BCUT2D eigenvalue weighted by atomic mass is 16.3. The smallest absolute Gasteiger partial charge is 0.271 e. The average molecular weight is 509 g/mol. The van der Waals surface area contributed by atoms with Gasteiger partial charge in [-0.2, -0.15) is 0 Å². The second-order valence-corrected chi connectivity index (χ2v) is 11.0. The number of aromatic nitrogens is 2. The number of likely N-dealkylation sites (N-methyl/N-ethyl adjacent to an activating group) is 1. The molecule has 2 aromatic rings. The second-order valence-electron chi connectivity index (χ2n) is 11.0. The van der Waals surface area contributed by atoms with Crippen LogP contribution in [0, 0.1) is 12.8 Å². The monoisotopic (exact) mass is 508 g/mol. The molecule has 0 atom stereocenters. The summed E-state index contributed by atoms with van der Waals surface area (Å²) in [5.74, 6) is 0.549. The molecule has 4 rings (SSSR count). The van der Waals surface area contributed by atoms with E-state index in [9.17, 15) is 9.90 Å². The number of hydrogen-bond acceptors (Lipinski definition) is 7. The number of anilines is 2. The number of carbonyl (C=O) groups is 1. The summed E-state index contributed by atoms with van der Waals surface area (Å²) >= 11 is 0. The van der Waals surface area contributed by atoms with Crippen LogP contribution in [0.5, 0.6) is 0 Å². The van der Waals surface area contributed by atoms with Gasteiger partial charge in [0.25, 0.3) is 5.91 Å². The maximum Gasteiger partial charge on any atom is 0.271 e. The third-order valence-corrected chi connectivity index (χ3v) is 8.01. The summed E-state index contributed by atoms with van der Waals surface area (Å²) in [5, 5.41) is 13.1. The summed E-state index contributed by atoms with van der Waals surface area (Å²) in [5.41, 5.74) is 11.0. The Morgan fingerprint density at radius 2 is 1.84 bits per heavy atom. The second kappa shape index (κ2) is 12.8. The van der Waals surface area contributed by atoms with Crippen LogP contribution >= 0.6 is 0 Å². The van der Waals surface area contributed by atoms with Crippen molar-refractivity contribution in [1.82, 2.24) is 19.8 Å². The van der Waals surface area contributed by atoms with Gasteiger partial charge in [0, 0.05) is 38.4 Å². The zero-order chi connectivity index (χ0) is 26.4. The van der Waals surface area contributed by atoms with Crippen LogP contribution in [0.4, 0.5) is 11.5 Å². The van der Waals surface area contributed by atoms with E-state index >= 15 is 0 Å². The topological polar surface area (TPSA) is 108 Å². The predicted molar refractivity (Wildman–Crippen MR) is 148 cm³/mol. The lowest BCUT2D eigenvalue weighted by molar-refractivity contribution is 0.0995. The van der Waals surface area contributed by atoms with Crippen LogP contribution in [-0.2, 0) is 19.4 Å². The third-order valence-electron chi connectivity index (χ3n) is 8.01. The number of hydrogen-bond donors (Lipinski definition) is 3. The van der Waals surface area contributed by atoms with E-state index in [4.69, 9.17) is 10.7 Å². The van der Waals surface area contributed by atoms with E-state index < -0.39 is 5.91 Å². The summed E-state index contributed by atoms with van der Waals surface area (Å²) in [7, 11) is 2.17. The van der Waals surface area contributed by atoms with Gasteiger partial charge in [0.15, 0.2) is 11.5 Å². The molecular formula is C29H44N6O2. The van der Waals surface area contributed by atoms with Gasteiger partial charge in [0.05, 0.1) is 17.5 Å². The van der Waals surface area contributed by atoms with Gasteiger partial charge in [0.2, 0.25) is 0 Å². The Morgan fingerprint density at radius 1 is 1.11 bits per heavy atom. The summed E-state index contributed by atoms with van der Waals surface area (Å²) in [6.07, 6.45) is 7.61. The number of rotatable bonds is 10. The highest BCUT2D eigenvalue weighted by Gasteiger charge is 2.21. The van der Waals surface area contributed by atoms with Crippen LogP contribution in [-0.4, -0.2) is 70.1 Å². The van der Waals surface area contributed by atoms with E-state index in [-0.39, 0.29) is 11.8 Å². The molecule has 1 amide bonds. The maximum atomic E-state index is 12.3. The summed E-state index contributed by atoms with van der Waals surface area (Å²) in [4.78, 5) is 26.7. The Bertz CT molecular complexity index is 1060. The van der Waals surface area contributed by atoms with Gasteiger partial charge in [0.1, 0.15) is 0 Å². The normalized spacial score (nSPS) is 21.2. The van der Waals surface area contributed by atoms with Crippen LogP contribution < -0.4 is 11.1 Å². The molecule has 1 saturated heterocycles. The summed E-state index contributed by atoms with van der Waals surface area (Å²) in [6.45, 7) is 9.44. The number of aliphatic hydroxyl groups excluding tert-OH is 1. The van der Waals surface area contributed by atoms with Gasteiger partial charge in [-0.1, -0.05) is 25.5 Å². The number of nitrogens with one attached hydrogen (secondary N) is 1. The largest absolute Gasteiger partial charge is 0.393 e. The Labute approximate surface area is 221 Å². The third kappa shape index (κ3) is 7.49. The van der Waals surface area contributed by atoms with E-state index in [1.54, 1.807) is 0 Å². The molecule has 1 saturated carbocycles. The van der Waals surface area contributed by atoms with Crippen molar-refractivity contribution in [2.45, 2.75) is 77.9 Å². The van der Waals surface area contributed by atoms with Crippen molar-refractivity contribution in [3.05, 3.63) is 46.4 Å². The van der Waals surface area contributed by atoms with E-state index in [1.807, 2.05) is 6.92 Å². The van der Waals surface area contributed by atoms with Crippen molar-refractivity contribution in [2.24, 2.45) is 11.7 Å². The van der Waals surface area contributed by atoms with Crippen molar-refractivity contribution in [3.63, 3.8) is 0 Å². The Balaban J connectivity index is 1.46. The molecule has 0 spiro atoms. The molecular weight excluding hydrogens is 464 g/mol. The number of aryl methyl sites for hydroxylation is 3. The first kappa shape index (κ1) is 27.5. The van der Waals surface area contributed by atoms with Gasteiger partial charge in [-0.3, -0.25) is 9.69 Å². The lowest BCUT2D eigenvalue weighted by Crippen LogP contribution is -2.43. The molecule has 0 radical (unpaired) electrons. The van der Waals surface area contributed by atoms with Gasteiger partial charge in [-0.05, 0) is 82.0 Å². The van der Waals surface area contributed by atoms with E-state index in [1.165, 1.54) is 5.56 Å². The molecule has 202 valence electrons. The lowest BCUT2D eigenvalue weighted by atomic mass is 9.84. The molecule has 1 aliphatic carbocycles. The number of primary amides is 1. The molecule has 2 aliphatic rings. The first-order chi connectivity index (χ1) is 17.8. The van der Waals surface area contributed by atoms with Crippen molar-refractivity contribution in [3.8, 4) is 0 Å². The van der Waals surface area contributed by atoms with E-state index in [2.05, 4.69) is 52.3 Å². The number of amides is 1. The number of nitrogens with two attached hydrogens (primary N) is 1. The maximum absolute atomic E-state index is 12.3. The Morgan fingerprint density at radius 3 is 2.49 bits per heavy atom. The molecule has 8 heteroatoms. The lowest BCUT2D eigenvalue weighted by Gasteiger charge is -2.32. The fourth-order valence-electron chi connectivity index (χ4n) is 5.59. The first-order valence-corrected chi connectivity index (χ1v) is 14.0. The average Bonchev–Trinajstić information content (AvgIpc) is 2.88. The van der Waals surface area contributed by atoms with Crippen LogP contribution in [0.15, 0.2) is 18.2 Å². The van der Waals surface area contributed by atoms with Crippen LogP contribution in [0.25, 0.3) is 0 Å². The summed E-state index contributed by atoms with van der Waals surface area (Å²) in [6, 6.07) is 6.42. The zero-order valence-electron chi connectivity index (χ0n) is 22.8. The molecule has 37 heavy (non-hydrogen) atoms. The standard InChI is InChI=1S/C29H44N6O2/c1-4-24-26(7-5-6-21-8-11-23(36)12-9-21)33-29(27(31-24)28(30)37)32-25-13-10-22(18-20(25)2)19-35-16-14-34(3)15-17-35/h10,13,18,21,23,36H,4-9,11-12,14-17,19H2,1-3H3,(H2,30,37)(H,32,33)/t21-,23-. The molecule has 2 heterocycles. The van der Waals surface area contributed by atoms with Gasteiger partial charge in [-0.15, -0.1) is 0 Å². The highest BCUT2D eigenvalue weighted by Crippen LogP contribution is 2.29. The fraction of sp³-hybridized carbons (Fsp3) is 0.621. The fourth-order valence-corrected chi connectivity index (χ4v) is 5.59. The van der Waals surface area contributed by atoms with Crippen LogP contribution in [0.1, 0.15) is 78.5 Å². The minimum absolute atomic E-state index is 0.118. The number of nitrogens with zero attached hydrogens (tertiary/aromatic N) is 4. The number of carbonyl (C=O) groups excluding carboxylic acids is 1. The number of benzene rings is 1. The van der Waals surface area contributed by atoms with Crippen molar-refractivity contribution in [2.75, 3.05) is 38.5 Å². The molecule has 0 bridgehead atoms. The molecule has 0 unspecified atom stereocenters. The molecule has 1 aromatic heterocycles. The molecule has 2 fully saturated rings. The first-order valence-electron chi connectivity index (χ1n) is 14.0. The van der Waals surface area contributed by atoms with Crippen LogP contribution in [0.2, 0.25) is 0 Å². The predicted octanol–water partition coefficient (Wildman–Crippen LogP) is 3.81. The Kier molecular flexibility index (Phi) is 9.51. The number of aliphatic hydroxyl groups is 1. The molecule has 1 aromatic carbocycles. The van der Waals surface area contributed by atoms with E-state index in [0.717, 1.165) is 100 Å². The SMILES string of the molecule is CCc1nc(C(N)=O)c(Nc2ccc(CN3CCN(C)CC3)cc2C)nc1CCC[C@H]1CC[C@H](O)CC1. The molecule has 1 aliphatic heterocycles. The van der Waals surface area contributed by atoms with Gasteiger partial charge >= 0.3 is 0 Å². The minimum Gasteiger partial charge on any atom is -0.393 e. The Hall–Kier alpha value is -2.55. The molecule has 8 nitrogen and oxygen atoms in total. The highest BCUT2D eigenvalue weighted by molar-refractivity contribution is 5.96. The number of piperazine rings is 1. The minimum atomic E-state index is -0.568. The van der Waals surface area contributed by atoms with Gasteiger partial charge in [-0.25, -0.2) is 9.97 Å². The summed E-state index contributed by atoms with van der Waals surface area (Å²) < 4.78 is 0. The van der Waals surface area contributed by atoms with Crippen molar-refractivity contribution < 1.29 is 9.90 Å². The zero-order valence-corrected chi connectivity index (χ0v) is 22.8.